The van der Waals surface area contributed by atoms with Crippen molar-refractivity contribution < 1.29 is 33.8 Å². The van der Waals surface area contributed by atoms with Gasteiger partial charge < -0.3 is 29.7 Å². The van der Waals surface area contributed by atoms with Crippen LogP contribution in [0.15, 0.2) is 73.8 Å². The Bertz CT molecular complexity index is 1550. The van der Waals surface area contributed by atoms with Crippen molar-refractivity contribution in [3.63, 3.8) is 0 Å². The number of esters is 1. The maximum absolute atomic E-state index is 14.8. The Morgan fingerprint density at radius 1 is 1.19 bits per heavy atom. The highest BCUT2D eigenvalue weighted by atomic mass is 79.9. The number of fused-ring (bicyclic) bond motifs is 1. The number of hydrogen-bond acceptors (Lipinski definition) is 7. The Kier molecular flexibility index (Phi) is 11.2. The molecule has 2 N–H and O–H groups in total. The van der Waals surface area contributed by atoms with Crippen LogP contribution in [-0.4, -0.2) is 82.6 Å². The molecule has 3 saturated heterocycles. The molecule has 1 unspecified atom stereocenters. The lowest BCUT2D eigenvalue weighted by Gasteiger charge is -2.37. The second kappa shape index (κ2) is 15.2. The monoisotopic (exact) mass is 721 g/mol. The van der Waals surface area contributed by atoms with Gasteiger partial charge in [-0.25, -0.2) is 0 Å². The molecule has 48 heavy (non-hydrogen) atoms. The van der Waals surface area contributed by atoms with Crippen LogP contribution in [-0.2, 0) is 28.7 Å². The number of benzene rings is 2. The van der Waals surface area contributed by atoms with Crippen LogP contribution >= 0.6 is 15.9 Å². The molecule has 0 aliphatic carbocycles. The summed E-state index contributed by atoms with van der Waals surface area (Å²) in [4.78, 5) is 58.7. The number of carbonyl (C=O) groups excluding carboxylic acids is 4. The summed E-state index contributed by atoms with van der Waals surface area (Å²) in [6.45, 7) is 11.5. The number of alkyl halides is 1. The fourth-order valence-corrected chi connectivity index (χ4v) is 8.37. The molecule has 3 fully saturated rings. The minimum absolute atomic E-state index is 0.0957. The number of rotatable bonds is 15. The zero-order chi connectivity index (χ0) is 34.6. The van der Waals surface area contributed by atoms with Crippen molar-refractivity contribution in [2.45, 2.75) is 68.1 Å². The highest BCUT2D eigenvalue weighted by Gasteiger charge is 2.76. The molecule has 2 bridgehead atoms. The molecular weight excluding hydrogens is 678 g/mol. The van der Waals surface area contributed by atoms with E-state index in [1.165, 1.54) is 4.90 Å². The lowest BCUT2D eigenvalue weighted by atomic mass is 9.70. The molecule has 3 heterocycles. The number of amides is 3. The van der Waals surface area contributed by atoms with Gasteiger partial charge in [0.1, 0.15) is 18.2 Å². The van der Waals surface area contributed by atoms with E-state index in [0.29, 0.717) is 18.5 Å². The number of likely N-dealkylation sites (tertiary alicyclic amines) is 1. The molecule has 2 aromatic rings. The summed E-state index contributed by atoms with van der Waals surface area (Å²) in [7, 11) is 0. The number of aliphatic hydroxyl groups excluding tert-OH is 1. The van der Waals surface area contributed by atoms with Gasteiger partial charge in [0.15, 0.2) is 0 Å². The number of nitrogens with one attached hydrogen (secondary N) is 1. The number of ether oxygens (including phenoxy) is 2. The molecule has 0 radical (unpaired) electrons. The minimum atomic E-state index is -1.28. The highest BCUT2D eigenvalue weighted by Crippen LogP contribution is 2.60. The topological polar surface area (TPSA) is 125 Å². The fourth-order valence-electron chi connectivity index (χ4n) is 7.43. The van der Waals surface area contributed by atoms with Gasteiger partial charge in [-0.05, 0) is 55.9 Å². The molecule has 2 aromatic carbocycles. The van der Waals surface area contributed by atoms with Crippen LogP contribution in [0.5, 0.6) is 0 Å². The van der Waals surface area contributed by atoms with E-state index in [1.54, 1.807) is 17.1 Å². The zero-order valence-corrected chi connectivity index (χ0v) is 29.1. The number of aryl methyl sites for hydroxylation is 2. The molecule has 3 amide bonds. The normalized spacial score (nSPS) is 26.1. The number of hydrogen-bond donors (Lipinski definition) is 2. The molecule has 1 spiro atoms. The number of aliphatic hydroxyl groups is 1. The second-order valence-corrected chi connectivity index (χ2v) is 14.0. The number of halogens is 1. The van der Waals surface area contributed by atoms with Crippen LogP contribution in [0.1, 0.15) is 48.4 Å². The maximum atomic E-state index is 14.8. The molecule has 3 aliphatic heterocycles. The van der Waals surface area contributed by atoms with Crippen LogP contribution < -0.4 is 10.2 Å². The van der Waals surface area contributed by atoms with Crippen LogP contribution in [0, 0.1) is 25.7 Å². The predicted molar refractivity (Wildman–Crippen MR) is 185 cm³/mol. The fraction of sp³-hybridized carbons (Fsp3) is 0.459. The standard InChI is InChI=1S/C37H44BrN3O7/c1-5-7-14-29(43)47-22-27(25-12-9-8-10-13-25)39-34(44)30-31-35(45)41(18-11-19-42)33(37(31)21-26(38)32(30)48-37)36(46)40(17-6-2)28-20-23(3)15-16-24(28)4/h5-6,8-10,12-13,15-16,20,26-27,30-33,42H,1-2,7,11,14,17-19,21-22H2,3-4H3,(H,39,44)/t26?,27-,30-,31+,32-,33-,37+/m0/s1. The predicted octanol–water partition coefficient (Wildman–Crippen LogP) is 4.32. The molecule has 10 nitrogen and oxygen atoms in total. The summed E-state index contributed by atoms with van der Waals surface area (Å²) in [5.74, 6) is -3.36. The van der Waals surface area contributed by atoms with Gasteiger partial charge in [-0.15, -0.1) is 13.2 Å². The summed E-state index contributed by atoms with van der Waals surface area (Å²) in [6.07, 6.45) is 3.87. The molecule has 256 valence electrons. The van der Waals surface area contributed by atoms with Crippen LogP contribution in [0.4, 0.5) is 5.69 Å². The van der Waals surface area contributed by atoms with Crippen molar-refractivity contribution in [3.8, 4) is 0 Å². The van der Waals surface area contributed by atoms with Crippen molar-refractivity contribution in [2.24, 2.45) is 11.8 Å². The van der Waals surface area contributed by atoms with E-state index in [1.807, 2.05) is 62.4 Å². The Balaban J connectivity index is 1.49. The quantitative estimate of drug-likeness (QED) is 0.160. The highest BCUT2D eigenvalue weighted by molar-refractivity contribution is 9.09. The average molecular weight is 723 g/mol. The molecule has 0 aromatic heterocycles. The summed E-state index contributed by atoms with van der Waals surface area (Å²) in [5.41, 5.74) is 2.03. The number of anilines is 1. The number of carbonyl (C=O) groups is 4. The van der Waals surface area contributed by atoms with Crippen molar-refractivity contribution >= 4 is 45.3 Å². The van der Waals surface area contributed by atoms with E-state index in [4.69, 9.17) is 9.47 Å². The van der Waals surface area contributed by atoms with Crippen molar-refractivity contribution in [1.82, 2.24) is 10.2 Å². The smallest absolute Gasteiger partial charge is 0.306 e. The summed E-state index contributed by atoms with van der Waals surface area (Å²) < 4.78 is 12.2. The third-order valence-corrected chi connectivity index (χ3v) is 10.4. The zero-order valence-electron chi connectivity index (χ0n) is 27.5. The summed E-state index contributed by atoms with van der Waals surface area (Å²) in [6, 6.07) is 13.3. The van der Waals surface area contributed by atoms with Crippen LogP contribution in [0.2, 0.25) is 0 Å². The van der Waals surface area contributed by atoms with Crippen molar-refractivity contribution in [1.29, 1.82) is 0 Å². The van der Waals surface area contributed by atoms with Gasteiger partial charge in [-0.3, -0.25) is 19.2 Å². The van der Waals surface area contributed by atoms with E-state index in [9.17, 15) is 24.3 Å². The second-order valence-electron chi connectivity index (χ2n) is 12.8. The largest absolute Gasteiger partial charge is 0.463 e. The Morgan fingerprint density at radius 3 is 2.62 bits per heavy atom. The third kappa shape index (κ3) is 6.73. The van der Waals surface area contributed by atoms with E-state index in [-0.39, 0.29) is 55.8 Å². The molecule has 5 rings (SSSR count). The van der Waals surface area contributed by atoms with Gasteiger partial charge in [0.25, 0.3) is 5.91 Å². The van der Waals surface area contributed by atoms with Gasteiger partial charge in [0, 0.05) is 36.6 Å². The van der Waals surface area contributed by atoms with Gasteiger partial charge in [0.2, 0.25) is 11.8 Å². The van der Waals surface area contributed by atoms with E-state index < -0.39 is 47.5 Å². The number of nitrogens with zero attached hydrogens (tertiary/aromatic N) is 2. The van der Waals surface area contributed by atoms with Gasteiger partial charge >= 0.3 is 5.97 Å². The first-order chi connectivity index (χ1) is 23.1. The lowest BCUT2D eigenvalue weighted by molar-refractivity contribution is -0.145. The van der Waals surface area contributed by atoms with Crippen molar-refractivity contribution in [2.75, 3.05) is 31.2 Å². The Labute approximate surface area is 290 Å². The average Bonchev–Trinajstić information content (AvgIpc) is 3.67. The lowest BCUT2D eigenvalue weighted by Crippen LogP contribution is -2.57. The minimum Gasteiger partial charge on any atom is -0.463 e. The van der Waals surface area contributed by atoms with E-state index >= 15 is 0 Å². The molecular formula is C37H44BrN3O7. The van der Waals surface area contributed by atoms with Gasteiger partial charge in [-0.1, -0.05) is 70.5 Å². The summed E-state index contributed by atoms with van der Waals surface area (Å²) in [5, 5.41) is 12.8. The Hall–Kier alpha value is -3.80. The number of allylic oxidation sites excluding steroid dienone is 1. The third-order valence-electron chi connectivity index (χ3n) is 9.60. The first kappa shape index (κ1) is 35.5. The van der Waals surface area contributed by atoms with Crippen LogP contribution in [0.25, 0.3) is 0 Å². The van der Waals surface area contributed by atoms with E-state index in [0.717, 1.165) is 16.7 Å². The SMILES string of the molecule is C=CCCC(=O)OC[C@H](NC(=O)[C@@H]1[C@H]2O[C@@]3(CC2Br)[C@H](C(=O)N(CC=C)c2cc(C)ccc2C)N(CCCO)C(=O)[C@@H]13)c1ccccc1. The van der Waals surface area contributed by atoms with E-state index in [2.05, 4.69) is 34.4 Å². The van der Waals surface area contributed by atoms with Crippen LogP contribution in [0.3, 0.4) is 0 Å². The molecule has 7 atom stereocenters. The first-order valence-electron chi connectivity index (χ1n) is 16.4. The van der Waals surface area contributed by atoms with Gasteiger partial charge in [-0.2, -0.15) is 0 Å². The molecule has 11 heteroatoms. The Morgan fingerprint density at radius 2 is 1.94 bits per heavy atom. The first-order valence-corrected chi connectivity index (χ1v) is 17.3. The maximum Gasteiger partial charge on any atom is 0.306 e. The van der Waals surface area contributed by atoms with Crippen molar-refractivity contribution in [3.05, 3.63) is 90.5 Å². The summed E-state index contributed by atoms with van der Waals surface area (Å²) >= 11 is 3.73. The van der Waals surface area contributed by atoms with Gasteiger partial charge in [0.05, 0.1) is 24.0 Å². The molecule has 3 aliphatic rings. The molecule has 0 saturated carbocycles.